The van der Waals surface area contributed by atoms with Crippen LogP contribution in [-0.2, 0) is 6.42 Å². The van der Waals surface area contributed by atoms with Crippen LogP contribution in [0.15, 0.2) is 42.6 Å². The molecule has 0 saturated carbocycles. The Morgan fingerprint density at radius 3 is 2.32 bits per heavy atom. The average molecular weight is 372 g/mol. The molecule has 0 atom stereocenters. The highest BCUT2D eigenvalue weighted by atomic mass is 35.5. The van der Waals surface area contributed by atoms with Gasteiger partial charge in [-0.1, -0.05) is 58.5 Å². The van der Waals surface area contributed by atoms with E-state index in [1.807, 2.05) is 6.07 Å². The molecule has 0 bridgehead atoms. The molecule has 22 heavy (non-hydrogen) atoms. The molecule has 2 aromatic carbocycles. The third-order valence-corrected chi connectivity index (χ3v) is 4.44. The predicted octanol–water partition coefficient (Wildman–Crippen LogP) is 6.28. The van der Waals surface area contributed by atoms with Crippen molar-refractivity contribution in [3.8, 4) is 11.3 Å². The number of imidazole rings is 1. The molecule has 0 aliphatic carbocycles. The second-order valence-electron chi connectivity index (χ2n) is 4.74. The number of rotatable bonds is 3. The molecule has 0 saturated heterocycles. The molecule has 0 amide bonds. The van der Waals surface area contributed by atoms with Gasteiger partial charge in [-0.25, -0.2) is 4.98 Å². The molecule has 3 rings (SSSR count). The molecule has 112 valence electrons. The molecule has 6 heteroatoms. The summed E-state index contributed by atoms with van der Waals surface area (Å²) in [7, 11) is 0. The van der Waals surface area contributed by atoms with Gasteiger partial charge in [-0.05, 0) is 29.8 Å². The SMILES string of the molecule is Clc1ccc(Cc2nc(-c3c(Cl)cccc3Cl)c[nH]2)c(Cl)c1. The molecule has 0 unspecified atom stereocenters. The number of H-pyrrole nitrogens is 1. The van der Waals surface area contributed by atoms with Crippen molar-refractivity contribution in [1.82, 2.24) is 9.97 Å². The highest BCUT2D eigenvalue weighted by Crippen LogP contribution is 2.33. The first-order valence-corrected chi connectivity index (χ1v) is 7.98. The van der Waals surface area contributed by atoms with Gasteiger partial charge in [0.2, 0.25) is 0 Å². The highest BCUT2D eigenvalue weighted by molar-refractivity contribution is 6.39. The van der Waals surface area contributed by atoms with E-state index in [0.29, 0.717) is 32.2 Å². The van der Waals surface area contributed by atoms with Gasteiger partial charge >= 0.3 is 0 Å². The summed E-state index contributed by atoms with van der Waals surface area (Å²) in [5.41, 5.74) is 2.36. The van der Waals surface area contributed by atoms with Gasteiger partial charge in [0, 0.05) is 28.2 Å². The lowest BCUT2D eigenvalue weighted by Gasteiger charge is -2.03. The van der Waals surface area contributed by atoms with Crippen LogP contribution >= 0.6 is 46.4 Å². The Bertz CT molecular complexity index is 807. The fourth-order valence-corrected chi connectivity index (χ4v) is 3.23. The van der Waals surface area contributed by atoms with Gasteiger partial charge in [0.25, 0.3) is 0 Å². The van der Waals surface area contributed by atoms with Gasteiger partial charge in [0.05, 0.1) is 15.7 Å². The van der Waals surface area contributed by atoms with E-state index in [0.717, 1.165) is 17.0 Å². The molecule has 2 nitrogen and oxygen atoms in total. The maximum atomic E-state index is 6.20. The second kappa shape index (κ2) is 6.51. The van der Waals surface area contributed by atoms with Crippen LogP contribution in [0.4, 0.5) is 0 Å². The third-order valence-electron chi connectivity index (χ3n) is 3.22. The Morgan fingerprint density at radius 1 is 0.909 bits per heavy atom. The van der Waals surface area contributed by atoms with Gasteiger partial charge < -0.3 is 4.98 Å². The largest absolute Gasteiger partial charge is 0.348 e. The van der Waals surface area contributed by atoms with Gasteiger partial charge in [-0.3, -0.25) is 0 Å². The van der Waals surface area contributed by atoms with Gasteiger partial charge in [-0.15, -0.1) is 0 Å². The Morgan fingerprint density at radius 2 is 1.64 bits per heavy atom. The molecule has 1 N–H and O–H groups in total. The number of nitrogens with one attached hydrogen (secondary N) is 1. The molecule has 0 fully saturated rings. The third kappa shape index (κ3) is 3.26. The second-order valence-corrected chi connectivity index (χ2v) is 6.40. The summed E-state index contributed by atoms with van der Waals surface area (Å²) >= 11 is 24.5. The maximum absolute atomic E-state index is 6.20. The molecular weight excluding hydrogens is 362 g/mol. The Hall–Kier alpha value is -1.19. The van der Waals surface area contributed by atoms with E-state index in [9.17, 15) is 0 Å². The number of benzene rings is 2. The van der Waals surface area contributed by atoms with Crippen LogP contribution in [0.2, 0.25) is 20.1 Å². The zero-order chi connectivity index (χ0) is 15.7. The molecule has 1 heterocycles. The summed E-state index contributed by atoms with van der Waals surface area (Å²) in [6.45, 7) is 0. The monoisotopic (exact) mass is 370 g/mol. The quantitative estimate of drug-likeness (QED) is 0.576. The van der Waals surface area contributed by atoms with Gasteiger partial charge in [0.1, 0.15) is 5.82 Å². The Kier molecular flexibility index (Phi) is 4.65. The summed E-state index contributed by atoms with van der Waals surface area (Å²) < 4.78 is 0. The fourth-order valence-electron chi connectivity index (χ4n) is 2.17. The number of halogens is 4. The number of aromatic nitrogens is 2. The minimum Gasteiger partial charge on any atom is -0.348 e. The molecule has 0 aliphatic heterocycles. The molecule has 0 aliphatic rings. The number of aromatic amines is 1. The van der Waals surface area contributed by atoms with Crippen LogP contribution < -0.4 is 0 Å². The first-order valence-electron chi connectivity index (χ1n) is 6.47. The van der Waals surface area contributed by atoms with Crippen LogP contribution in [0, 0.1) is 0 Å². The van der Waals surface area contributed by atoms with Crippen molar-refractivity contribution in [3.05, 3.63) is 74.1 Å². The summed E-state index contributed by atoms with van der Waals surface area (Å²) in [5, 5.41) is 2.35. The zero-order valence-electron chi connectivity index (χ0n) is 11.2. The smallest absolute Gasteiger partial charge is 0.111 e. The van der Waals surface area contributed by atoms with Gasteiger partial charge in [0.15, 0.2) is 0 Å². The number of nitrogens with zero attached hydrogens (tertiary/aromatic N) is 1. The maximum Gasteiger partial charge on any atom is 0.111 e. The van der Waals surface area contributed by atoms with Crippen LogP contribution in [-0.4, -0.2) is 9.97 Å². The van der Waals surface area contributed by atoms with Crippen LogP contribution in [0.25, 0.3) is 11.3 Å². The van der Waals surface area contributed by atoms with Crippen molar-refractivity contribution in [2.24, 2.45) is 0 Å². The summed E-state index contributed by atoms with van der Waals surface area (Å²) in [6.07, 6.45) is 2.35. The lowest BCUT2D eigenvalue weighted by Crippen LogP contribution is -1.92. The van der Waals surface area contributed by atoms with Crippen molar-refractivity contribution in [2.75, 3.05) is 0 Å². The van der Waals surface area contributed by atoms with E-state index in [-0.39, 0.29) is 0 Å². The van der Waals surface area contributed by atoms with Crippen LogP contribution in [0.5, 0.6) is 0 Å². The highest BCUT2D eigenvalue weighted by Gasteiger charge is 2.12. The molecule has 0 spiro atoms. The summed E-state index contributed by atoms with van der Waals surface area (Å²) in [6, 6.07) is 10.8. The first kappa shape index (κ1) is 15.7. The predicted molar refractivity (Wildman–Crippen MR) is 93.3 cm³/mol. The van der Waals surface area contributed by atoms with E-state index in [1.165, 1.54) is 0 Å². The summed E-state index contributed by atoms with van der Waals surface area (Å²) in [5.74, 6) is 0.773. The van der Waals surface area contributed by atoms with Crippen molar-refractivity contribution in [3.63, 3.8) is 0 Å². The van der Waals surface area contributed by atoms with E-state index in [4.69, 9.17) is 46.4 Å². The lowest BCUT2D eigenvalue weighted by molar-refractivity contribution is 1.03. The molecule has 0 radical (unpaired) electrons. The van der Waals surface area contributed by atoms with Crippen LogP contribution in [0.3, 0.4) is 0 Å². The molecular formula is C16H10Cl4N2. The fraction of sp³-hybridized carbons (Fsp3) is 0.0625. The van der Waals surface area contributed by atoms with Crippen LogP contribution in [0.1, 0.15) is 11.4 Å². The normalized spacial score (nSPS) is 10.9. The topological polar surface area (TPSA) is 28.7 Å². The minimum absolute atomic E-state index is 0.565. The minimum atomic E-state index is 0.565. The van der Waals surface area contributed by atoms with Crippen molar-refractivity contribution >= 4 is 46.4 Å². The van der Waals surface area contributed by atoms with Crippen molar-refractivity contribution < 1.29 is 0 Å². The number of hydrogen-bond acceptors (Lipinski definition) is 1. The summed E-state index contributed by atoms with van der Waals surface area (Å²) in [4.78, 5) is 7.67. The van der Waals surface area contributed by atoms with E-state index >= 15 is 0 Å². The van der Waals surface area contributed by atoms with Crippen molar-refractivity contribution in [2.45, 2.75) is 6.42 Å². The van der Waals surface area contributed by atoms with Gasteiger partial charge in [-0.2, -0.15) is 0 Å². The van der Waals surface area contributed by atoms with E-state index in [2.05, 4.69) is 9.97 Å². The first-order chi connectivity index (χ1) is 10.5. The zero-order valence-corrected chi connectivity index (χ0v) is 14.2. The van der Waals surface area contributed by atoms with Crippen molar-refractivity contribution in [1.29, 1.82) is 0 Å². The molecule has 1 aromatic heterocycles. The Balaban J connectivity index is 1.91. The average Bonchev–Trinajstić information content (AvgIpc) is 2.90. The van der Waals surface area contributed by atoms with E-state index < -0.39 is 0 Å². The standard InChI is InChI=1S/C16H10Cl4N2/c17-10-5-4-9(13(20)7-10)6-15-21-8-14(22-15)16-11(18)2-1-3-12(16)19/h1-5,7-8H,6H2,(H,21,22). The Labute approximate surface area is 148 Å². The number of hydrogen-bond donors (Lipinski definition) is 1. The van der Waals surface area contributed by atoms with E-state index in [1.54, 1.807) is 36.5 Å². The lowest BCUT2D eigenvalue weighted by atomic mass is 10.1. The molecule has 3 aromatic rings.